The summed E-state index contributed by atoms with van der Waals surface area (Å²) in [5.74, 6) is 0.942. The Bertz CT molecular complexity index is 879. The zero-order valence-electron chi connectivity index (χ0n) is 12.2. The van der Waals surface area contributed by atoms with Crippen molar-refractivity contribution < 1.29 is 13.2 Å². The summed E-state index contributed by atoms with van der Waals surface area (Å²) >= 11 is 3.41. The molecule has 3 rings (SSSR count). The molecule has 2 N–H and O–H groups in total. The van der Waals surface area contributed by atoms with Crippen molar-refractivity contribution >= 4 is 31.5 Å². The van der Waals surface area contributed by atoms with E-state index in [1.165, 1.54) is 6.07 Å². The Hall–Kier alpha value is -1.70. The van der Waals surface area contributed by atoms with E-state index in [0.717, 1.165) is 22.9 Å². The van der Waals surface area contributed by atoms with Crippen molar-refractivity contribution in [2.45, 2.75) is 17.7 Å². The van der Waals surface area contributed by atoms with Crippen LogP contribution >= 0.6 is 15.9 Å². The third-order valence-electron chi connectivity index (χ3n) is 3.59. The molecule has 0 spiro atoms. The summed E-state index contributed by atoms with van der Waals surface area (Å²) < 4.78 is 29.6. The maximum absolute atomic E-state index is 11.9. The van der Waals surface area contributed by atoms with Gasteiger partial charge in [-0.15, -0.1) is 0 Å². The van der Waals surface area contributed by atoms with Gasteiger partial charge in [-0.2, -0.15) is 0 Å². The average Bonchev–Trinajstić information content (AvgIpc) is 2.67. The second-order valence-electron chi connectivity index (χ2n) is 5.12. The van der Waals surface area contributed by atoms with Crippen molar-refractivity contribution in [2.75, 3.05) is 5.33 Å². The maximum atomic E-state index is 11.9. The van der Waals surface area contributed by atoms with Gasteiger partial charge in [0, 0.05) is 29.1 Å². The quantitative estimate of drug-likeness (QED) is 0.809. The Balaban J connectivity index is 2.22. The highest BCUT2D eigenvalue weighted by Gasteiger charge is 2.24. The van der Waals surface area contributed by atoms with Crippen LogP contribution in [0.2, 0.25) is 0 Å². The number of ether oxygens (including phenoxy) is 1. The number of hydrogen-bond donors (Lipinski definition) is 1. The minimum absolute atomic E-state index is 0.0903. The van der Waals surface area contributed by atoms with Gasteiger partial charge in [0.2, 0.25) is 15.9 Å². The second-order valence-corrected chi connectivity index (χ2v) is 7.44. The van der Waals surface area contributed by atoms with Crippen LogP contribution in [0.3, 0.4) is 0 Å². The number of rotatable bonds is 3. The number of halogens is 1. The molecule has 7 heteroatoms. The van der Waals surface area contributed by atoms with Crippen LogP contribution in [0.4, 0.5) is 0 Å². The molecule has 0 atom stereocenters. The monoisotopic (exact) mass is 394 g/mol. The highest BCUT2D eigenvalue weighted by atomic mass is 79.9. The Morgan fingerprint density at radius 1 is 1.30 bits per heavy atom. The van der Waals surface area contributed by atoms with Crippen molar-refractivity contribution in [1.82, 2.24) is 4.98 Å². The maximum Gasteiger partial charge on any atom is 0.238 e. The highest BCUT2D eigenvalue weighted by Crippen LogP contribution is 2.39. The van der Waals surface area contributed by atoms with Crippen LogP contribution in [-0.4, -0.2) is 18.7 Å². The van der Waals surface area contributed by atoms with E-state index in [0.29, 0.717) is 23.6 Å². The molecule has 1 aliphatic heterocycles. The molecular weight excluding hydrogens is 380 g/mol. The Labute approximate surface area is 143 Å². The number of benzene rings is 1. The van der Waals surface area contributed by atoms with Crippen LogP contribution in [0.5, 0.6) is 11.6 Å². The van der Waals surface area contributed by atoms with Crippen LogP contribution in [0, 0.1) is 0 Å². The molecule has 2 heterocycles. The first-order valence-corrected chi connectivity index (χ1v) is 9.70. The number of nitrogens with two attached hydrogens (primary N) is 1. The molecule has 120 valence electrons. The fraction of sp³-hybridized carbons (Fsp3) is 0.188. The zero-order valence-corrected chi connectivity index (χ0v) is 14.6. The van der Waals surface area contributed by atoms with Crippen LogP contribution in [-0.2, 0) is 16.4 Å². The molecule has 1 aromatic carbocycles. The largest absolute Gasteiger partial charge is 0.438 e. The van der Waals surface area contributed by atoms with Gasteiger partial charge in [0.15, 0.2) is 0 Å². The van der Waals surface area contributed by atoms with Gasteiger partial charge in [-0.1, -0.05) is 28.1 Å². The van der Waals surface area contributed by atoms with Crippen molar-refractivity contribution in [1.29, 1.82) is 0 Å². The molecule has 23 heavy (non-hydrogen) atoms. The number of pyridine rings is 1. The normalized spacial score (nSPS) is 15.5. The van der Waals surface area contributed by atoms with E-state index in [2.05, 4.69) is 27.0 Å². The lowest BCUT2D eigenvalue weighted by Gasteiger charge is -2.10. The molecule has 1 aromatic heterocycles. The van der Waals surface area contributed by atoms with Crippen molar-refractivity contribution in [2.24, 2.45) is 5.14 Å². The lowest BCUT2D eigenvalue weighted by Crippen LogP contribution is -2.15. The minimum atomic E-state index is -3.83. The molecule has 0 saturated heterocycles. The van der Waals surface area contributed by atoms with E-state index in [4.69, 9.17) is 9.88 Å². The number of allylic oxidation sites excluding steroid dienone is 2. The van der Waals surface area contributed by atoms with Crippen LogP contribution in [0.1, 0.15) is 17.5 Å². The van der Waals surface area contributed by atoms with E-state index in [1.807, 2.05) is 12.1 Å². The van der Waals surface area contributed by atoms with Gasteiger partial charge in [0.25, 0.3) is 0 Å². The van der Waals surface area contributed by atoms with Crippen molar-refractivity contribution in [3.8, 4) is 11.6 Å². The number of fused-ring (bicyclic) bond motifs is 2. The van der Waals surface area contributed by atoms with Crippen LogP contribution in [0.25, 0.3) is 5.57 Å². The summed E-state index contributed by atoms with van der Waals surface area (Å²) in [4.78, 5) is 4.36. The van der Waals surface area contributed by atoms with Gasteiger partial charge in [0.05, 0.1) is 4.90 Å². The standard InChI is InChI=1S/C16H15BrN2O3S/c17-8-2-4-11-10-13-14(6-1-7-15(13)23(18,20)21)22-16-12(11)5-3-9-19-16/h1,3-7,9H,2,8,10H2,(H2,18,20,21)/b11-4+. The predicted octanol–water partition coefficient (Wildman–Crippen LogP) is 3.25. The first-order valence-electron chi connectivity index (χ1n) is 7.03. The minimum Gasteiger partial charge on any atom is -0.438 e. The lowest BCUT2D eigenvalue weighted by molar-refractivity contribution is 0.458. The van der Waals surface area contributed by atoms with Crippen LogP contribution < -0.4 is 9.88 Å². The Kier molecular flexibility index (Phi) is 4.52. The fourth-order valence-corrected chi connectivity index (χ4v) is 3.61. The van der Waals surface area contributed by atoms with Crippen molar-refractivity contribution in [3.63, 3.8) is 0 Å². The third-order valence-corrected chi connectivity index (χ3v) is 5.04. The number of aromatic nitrogens is 1. The fourth-order valence-electron chi connectivity index (χ4n) is 2.60. The van der Waals surface area contributed by atoms with Gasteiger partial charge in [-0.3, -0.25) is 0 Å². The van der Waals surface area contributed by atoms with Crippen molar-refractivity contribution in [3.05, 3.63) is 53.7 Å². The highest BCUT2D eigenvalue weighted by molar-refractivity contribution is 9.09. The Morgan fingerprint density at radius 3 is 2.87 bits per heavy atom. The van der Waals surface area contributed by atoms with Gasteiger partial charge in [0.1, 0.15) is 5.75 Å². The summed E-state index contributed by atoms with van der Waals surface area (Å²) in [7, 11) is -3.83. The number of sulfonamides is 1. The van der Waals surface area contributed by atoms with Crippen LogP contribution in [0.15, 0.2) is 47.5 Å². The van der Waals surface area contributed by atoms with Gasteiger partial charge in [-0.05, 0) is 36.3 Å². The number of hydrogen-bond acceptors (Lipinski definition) is 4. The van der Waals surface area contributed by atoms with E-state index < -0.39 is 10.0 Å². The smallest absolute Gasteiger partial charge is 0.238 e. The van der Waals surface area contributed by atoms with Gasteiger partial charge < -0.3 is 4.74 Å². The first-order chi connectivity index (χ1) is 11.0. The third kappa shape index (κ3) is 3.31. The topological polar surface area (TPSA) is 82.3 Å². The molecule has 0 radical (unpaired) electrons. The number of primary sulfonamides is 1. The predicted molar refractivity (Wildman–Crippen MR) is 92.2 cm³/mol. The molecule has 0 aliphatic carbocycles. The molecule has 2 aromatic rings. The number of alkyl halides is 1. The Morgan fingerprint density at radius 2 is 2.13 bits per heavy atom. The molecule has 0 fully saturated rings. The molecule has 0 saturated carbocycles. The zero-order chi connectivity index (χ0) is 16.4. The molecular formula is C16H15BrN2O3S. The van der Waals surface area contributed by atoms with E-state index in [-0.39, 0.29) is 4.90 Å². The molecule has 0 amide bonds. The van der Waals surface area contributed by atoms with E-state index >= 15 is 0 Å². The summed E-state index contributed by atoms with van der Waals surface area (Å²) in [6, 6.07) is 8.61. The average molecular weight is 395 g/mol. The summed E-state index contributed by atoms with van der Waals surface area (Å²) in [5, 5.41) is 6.17. The van der Waals surface area contributed by atoms with E-state index in [9.17, 15) is 8.42 Å². The molecule has 0 bridgehead atoms. The van der Waals surface area contributed by atoms with E-state index in [1.54, 1.807) is 18.3 Å². The summed E-state index contributed by atoms with van der Waals surface area (Å²) in [6.07, 6.45) is 4.95. The summed E-state index contributed by atoms with van der Waals surface area (Å²) in [6.45, 7) is 0. The first kappa shape index (κ1) is 16.2. The van der Waals surface area contributed by atoms with Gasteiger partial charge in [-0.25, -0.2) is 18.5 Å². The van der Waals surface area contributed by atoms with Gasteiger partial charge >= 0.3 is 0 Å². The SMILES string of the molecule is NS(=O)(=O)c1cccc2c1C/C(=C\CCBr)c1cccnc1O2. The molecule has 1 aliphatic rings. The molecule has 0 unspecified atom stereocenters. The summed E-state index contributed by atoms with van der Waals surface area (Å²) in [5.41, 5.74) is 2.40. The number of nitrogens with zero attached hydrogens (tertiary/aromatic N) is 1. The second kappa shape index (κ2) is 6.43. The molecule has 5 nitrogen and oxygen atoms in total. The lowest BCUT2D eigenvalue weighted by atomic mass is 9.98.